The van der Waals surface area contributed by atoms with Gasteiger partial charge in [0.25, 0.3) is 5.91 Å². The Morgan fingerprint density at radius 3 is 2.94 bits per heavy atom. The predicted molar refractivity (Wildman–Crippen MR) is 59.9 cm³/mol. The third-order valence-corrected chi connectivity index (χ3v) is 1.89. The van der Waals surface area contributed by atoms with Crippen LogP contribution in [-0.4, -0.2) is 35.1 Å². The Morgan fingerprint density at radius 1 is 1.50 bits per heavy atom. The second-order valence-electron chi connectivity index (χ2n) is 3.26. The van der Waals surface area contributed by atoms with Crippen molar-refractivity contribution in [2.45, 2.75) is 6.42 Å². The number of amides is 1. The third kappa shape index (κ3) is 4.49. The van der Waals surface area contributed by atoms with Gasteiger partial charge in [-0.1, -0.05) is 0 Å². The molecule has 0 aromatic carbocycles. The minimum Gasteiger partial charge on any atom is -0.482 e. The zero-order chi connectivity index (χ0) is 13.4. The molecule has 1 amide bonds. The zero-order valence-corrected chi connectivity index (χ0v) is 9.42. The molecule has 7 heteroatoms. The van der Waals surface area contributed by atoms with Crippen molar-refractivity contribution in [2.75, 3.05) is 13.2 Å². The summed E-state index contributed by atoms with van der Waals surface area (Å²) in [7, 11) is 0. The summed E-state index contributed by atoms with van der Waals surface area (Å²) in [6.07, 6.45) is 2.72. The summed E-state index contributed by atoms with van der Waals surface area (Å²) in [5.41, 5.74) is -0.0163. The van der Waals surface area contributed by atoms with Crippen LogP contribution in [0.5, 0.6) is 5.75 Å². The first-order valence-corrected chi connectivity index (χ1v) is 5.08. The van der Waals surface area contributed by atoms with Gasteiger partial charge in [0.2, 0.25) is 0 Å². The molecular formula is C11H11N3O4. The average molecular weight is 249 g/mol. The highest BCUT2D eigenvalue weighted by atomic mass is 16.5. The van der Waals surface area contributed by atoms with Gasteiger partial charge in [0.15, 0.2) is 6.61 Å². The van der Waals surface area contributed by atoms with Crippen molar-refractivity contribution in [1.82, 2.24) is 10.3 Å². The molecular weight excluding hydrogens is 238 g/mol. The maximum Gasteiger partial charge on any atom is 0.337 e. The van der Waals surface area contributed by atoms with Crippen LogP contribution in [0.25, 0.3) is 0 Å². The summed E-state index contributed by atoms with van der Waals surface area (Å²) in [6.45, 7) is 0.00227. The van der Waals surface area contributed by atoms with Gasteiger partial charge >= 0.3 is 5.97 Å². The highest BCUT2D eigenvalue weighted by Crippen LogP contribution is 2.10. The molecule has 94 valence electrons. The van der Waals surface area contributed by atoms with Gasteiger partial charge in [-0.25, -0.2) is 4.79 Å². The number of nitrogens with zero attached hydrogens (tertiary/aromatic N) is 2. The molecule has 1 aromatic rings. The molecule has 0 spiro atoms. The number of carbonyl (C=O) groups is 2. The van der Waals surface area contributed by atoms with Crippen molar-refractivity contribution < 1.29 is 19.4 Å². The molecule has 0 saturated heterocycles. The van der Waals surface area contributed by atoms with Gasteiger partial charge < -0.3 is 15.2 Å². The lowest BCUT2D eigenvalue weighted by atomic mass is 10.3. The van der Waals surface area contributed by atoms with E-state index in [1.54, 1.807) is 0 Å². The van der Waals surface area contributed by atoms with Crippen LogP contribution in [0.15, 0.2) is 18.5 Å². The lowest BCUT2D eigenvalue weighted by Crippen LogP contribution is -2.29. The van der Waals surface area contributed by atoms with Crippen molar-refractivity contribution >= 4 is 11.9 Å². The second-order valence-corrected chi connectivity index (χ2v) is 3.26. The molecule has 2 N–H and O–H groups in total. The molecule has 0 aliphatic rings. The Kier molecular flexibility index (Phi) is 5.12. The highest BCUT2D eigenvalue weighted by molar-refractivity contribution is 5.87. The number of aromatic nitrogens is 1. The van der Waals surface area contributed by atoms with E-state index in [9.17, 15) is 9.59 Å². The summed E-state index contributed by atoms with van der Waals surface area (Å²) >= 11 is 0. The minimum absolute atomic E-state index is 0.0163. The van der Waals surface area contributed by atoms with Gasteiger partial charge in [0.1, 0.15) is 5.75 Å². The van der Waals surface area contributed by atoms with Crippen molar-refractivity contribution in [3.63, 3.8) is 0 Å². The number of pyridine rings is 1. The number of ether oxygens (including phenoxy) is 1. The molecule has 0 fully saturated rings. The van der Waals surface area contributed by atoms with Gasteiger partial charge in [-0.15, -0.1) is 0 Å². The van der Waals surface area contributed by atoms with E-state index in [2.05, 4.69) is 10.3 Å². The monoisotopic (exact) mass is 249 g/mol. The Balaban J connectivity index is 2.44. The van der Waals surface area contributed by atoms with Crippen LogP contribution in [-0.2, 0) is 4.79 Å². The van der Waals surface area contributed by atoms with E-state index >= 15 is 0 Å². The summed E-state index contributed by atoms with van der Waals surface area (Å²) < 4.78 is 5.07. The van der Waals surface area contributed by atoms with Gasteiger partial charge in [0.05, 0.1) is 24.3 Å². The quantitative estimate of drug-likeness (QED) is 0.696. The maximum absolute atomic E-state index is 11.2. The van der Waals surface area contributed by atoms with Gasteiger partial charge in [-0.05, 0) is 6.07 Å². The molecule has 0 atom stereocenters. The van der Waals surface area contributed by atoms with Crippen molar-refractivity contribution in [2.24, 2.45) is 0 Å². The van der Waals surface area contributed by atoms with E-state index in [-0.39, 0.29) is 36.8 Å². The third-order valence-electron chi connectivity index (χ3n) is 1.89. The fraction of sp³-hybridized carbons (Fsp3) is 0.273. The maximum atomic E-state index is 11.2. The SMILES string of the molecule is N#CCCNC(=O)COc1cncc(C(=O)O)c1. The molecule has 0 unspecified atom stereocenters. The highest BCUT2D eigenvalue weighted by Gasteiger charge is 2.06. The number of carboxylic acid groups (broad SMARTS) is 1. The number of carboxylic acids is 1. The van der Waals surface area contributed by atoms with Crippen LogP contribution < -0.4 is 10.1 Å². The molecule has 1 heterocycles. The molecule has 0 saturated carbocycles. The van der Waals surface area contributed by atoms with Crippen molar-refractivity contribution in [3.8, 4) is 11.8 Å². The van der Waals surface area contributed by atoms with Crippen LogP contribution in [0.2, 0.25) is 0 Å². The van der Waals surface area contributed by atoms with E-state index in [1.165, 1.54) is 18.5 Å². The van der Waals surface area contributed by atoms with E-state index in [0.29, 0.717) is 0 Å². The fourth-order valence-electron chi connectivity index (χ4n) is 1.07. The minimum atomic E-state index is -1.12. The van der Waals surface area contributed by atoms with Gasteiger partial charge in [-0.3, -0.25) is 9.78 Å². The van der Waals surface area contributed by atoms with Gasteiger partial charge in [-0.2, -0.15) is 5.26 Å². The van der Waals surface area contributed by atoms with E-state index in [0.717, 1.165) is 0 Å². The smallest absolute Gasteiger partial charge is 0.337 e. The van der Waals surface area contributed by atoms with E-state index < -0.39 is 5.97 Å². The van der Waals surface area contributed by atoms with Crippen LogP contribution in [0.1, 0.15) is 16.8 Å². The summed E-state index contributed by atoms with van der Waals surface area (Å²) in [6, 6.07) is 3.16. The Labute approximate surface area is 103 Å². The fourth-order valence-corrected chi connectivity index (χ4v) is 1.07. The molecule has 0 bridgehead atoms. The normalized spacial score (nSPS) is 9.28. The number of aromatic carboxylic acids is 1. The molecule has 0 aliphatic heterocycles. The van der Waals surface area contributed by atoms with Gasteiger partial charge in [0, 0.05) is 12.7 Å². The molecule has 18 heavy (non-hydrogen) atoms. The Hall–Kier alpha value is -2.62. The number of nitrogens with one attached hydrogen (secondary N) is 1. The average Bonchev–Trinajstić information content (AvgIpc) is 2.37. The predicted octanol–water partition coefficient (Wildman–Crippen LogP) is 0.188. The first kappa shape index (κ1) is 13.4. The van der Waals surface area contributed by atoms with Crippen molar-refractivity contribution in [1.29, 1.82) is 5.26 Å². The second kappa shape index (κ2) is 6.85. The van der Waals surface area contributed by atoms with E-state index in [1.807, 2.05) is 6.07 Å². The number of nitriles is 1. The first-order chi connectivity index (χ1) is 8.63. The lowest BCUT2D eigenvalue weighted by molar-refractivity contribution is -0.123. The standard InChI is InChI=1S/C11H11N3O4/c12-2-1-3-14-10(15)7-18-9-4-8(11(16)17)5-13-6-9/h4-6H,1,3,7H2,(H,14,15)(H,16,17). The topological polar surface area (TPSA) is 112 Å². The Morgan fingerprint density at radius 2 is 2.28 bits per heavy atom. The molecule has 1 rings (SSSR count). The molecule has 0 radical (unpaired) electrons. The summed E-state index contributed by atoms with van der Waals surface area (Å²) in [4.78, 5) is 25.6. The molecule has 0 aliphatic carbocycles. The lowest BCUT2D eigenvalue weighted by Gasteiger charge is -2.06. The zero-order valence-electron chi connectivity index (χ0n) is 9.42. The largest absolute Gasteiger partial charge is 0.482 e. The van der Waals surface area contributed by atoms with Crippen LogP contribution in [0.3, 0.4) is 0 Å². The number of rotatable bonds is 6. The van der Waals surface area contributed by atoms with Crippen LogP contribution >= 0.6 is 0 Å². The summed E-state index contributed by atoms with van der Waals surface area (Å²) in [5, 5.41) is 19.5. The first-order valence-electron chi connectivity index (χ1n) is 5.08. The summed E-state index contributed by atoms with van der Waals surface area (Å²) in [5.74, 6) is -1.30. The molecule has 1 aromatic heterocycles. The Bertz CT molecular complexity index is 481. The number of hydrogen-bond acceptors (Lipinski definition) is 5. The van der Waals surface area contributed by atoms with Crippen LogP contribution in [0, 0.1) is 11.3 Å². The van der Waals surface area contributed by atoms with E-state index in [4.69, 9.17) is 15.1 Å². The van der Waals surface area contributed by atoms with Crippen LogP contribution in [0.4, 0.5) is 0 Å². The number of carbonyl (C=O) groups excluding carboxylic acids is 1. The molecule has 7 nitrogen and oxygen atoms in total. The number of hydrogen-bond donors (Lipinski definition) is 2. The van der Waals surface area contributed by atoms with Crippen molar-refractivity contribution in [3.05, 3.63) is 24.0 Å².